The number of nitrogens with one attached hydrogen (secondary N) is 1. The highest BCUT2D eigenvalue weighted by atomic mass is 16.5. The fourth-order valence-electron chi connectivity index (χ4n) is 2.48. The fourth-order valence-corrected chi connectivity index (χ4v) is 2.48. The minimum atomic E-state index is -1.02. The number of carbonyl (C=O) groups excluding carboxylic acids is 1. The summed E-state index contributed by atoms with van der Waals surface area (Å²) in [6.07, 6.45) is 2.73. The van der Waals surface area contributed by atoms with Gasteiger partial charge in [0, 0.05) is 6.42 Å². The SMILES string of the molecule is Cc1ccc(OCCCC(=O)NC2(C(=O)O)CCC2)cc1C. The van der Waals surface area contributed by atoms with Crippen molar-refractivity contribution in [3.63, 3.8) is 0 Å². The second kappa shape index (κ2) is 6.81. The lowest BCUT2D eigenvalue weighted by atomic mass is 9.76. The van der Waals surface area contributed by atoms with Gasteiger partial charge in [0.25, 0.3) is 0 Å². The van der Waals surface area contributed by atoms with E-state index in [1.54, 1.807) is 0 Å². The molecule has 0 spiro atoms. The van der Waals surface area contributed by atoms with Crippen molar-refractivity contribution >= 4 is 11.9 Å². The summed E-state index contributed by atoms with van der Waals surface area (Å²) in [5, 5.41) is 11.8. The lowest BCUT2D eigenvalue weighted by molar-refractivity contribution is -0.151. The Morgan fingerprint density at radius 1 is 1.27 bits per heavy atom. The van der Waals surface area contributed by atoms with Crippen molar-refractivity contribution in [2.45, 2.75) is 51.5 Å². The molecule has 5 nitrogen and oxygen atoms in total. The number of benzene rings is 1. The third-order valence-electron chi connectivity index (χ3n) is 4.29. The van der Waals surface area contributed by atoms with Crippen LogP contribution < -0.4 is 10.1 Å². The maximum Gasteiger partial charge on any atom is 0.329 e. The van der Waals surface area contributed by atoms with Gasteiger partial charge in [0.2, 0.25) is 5.91 Å². The first-order chi connectivity index (χ1) is 10.4. The van der Waals surface area contributed by atoms with Crippen molar-refractivity contribution in [3.8, 4) is 5.75 Å². The standard InChI is InChI=1S/C17H23NO4/c1-12-6-7-14(11-13(12)2)22-10-3-5-15(19)18-17(16(20)21)8-4-9-17/h6-7,11H,3-5,8-10H2,1-2H3,(H,18,19)(H,20,21). The van der Waals surface area contributed by atoms with E-state index < -0.39 is 11.5 Å². The molecule has 2 N–H and O–H groups in total. The molecule has 0 atom stereocenters. The quantitative estimate of drug-likeness (QED) is 0.759. The van der Waals surface area contributed by atoms with Crippen LogP contribution in [0.25, 0.3) is 0 Å². The molecule has 0 aromatic heterocycles. The van der Waals surface area contributed by atoms with Crippen LogP contribution in [0.4, 0.5) is 0 Å². The predicted molar refractivity (Wildman–Crippen MR) is 83.0 cm³/mol. The average molecular weight is 305 g/mol. The Kier molecular flexibility index (Phi) is 5.06. The number of hydrogen-bond donors (Lipinski definition) is 2. The van der Waals surface area contributed by atoms with Gasteiger partial charge in [0.1, 0.15) is 11.3 Å². The molecule has 1 saturated carbocycles. The van der Waals surface area contributed by atoms with Crippen LogP contribution in [-0.4, -0.2) is 29.1 Å². The minimum Gasteiger partial charge on any atom is -0.494 e. The number of ether oxygens (including phenoxy) is 1. The Hall–Kier alpha value is -2.04. The van der Waals surface area contributed by atoms with E-state index in [4.69, 9.17) is 9.84 Å². The Morgan fingerprint density at radius 2 is 2.00 bits per heavy atom. The Morgan fingerprint density at radius 3 is 2.55 bits per heavy atom. The molecule has 120 valence electrons. The van der Waals surface area contributed by atoms with E-state index in [-0.39, 0.29) is 12.3 Å². The van der Waals surface area contributed by atoms with E-state index >= 15 is 0 Å². The number of carboxylic acids is 1. The molecule has 22 heavy (non-hydrogen) atoms. The normalized spacial score (nSPS) is 15.7. The van der Waals surface area contributed by atoms with Crippen molar-refractivity contribution < 1.29 is 19.4 Å². The number of carbonyl (C=O) groups is 2. The molecule has 1 fully saturated rings. The second-order valence-electron chi connectivity index (χ2n) is 5.99. The van der Waals surface area contributed by atoms with Crippen LogP contribution in [0.2, 0.25) is 0 Å². The van der Waals surface area contributed by atoms with E-state index in [0.717, 1.165) is 12.2 Å². The summed E-state index contributed by atoms with van der Waals surface area (Å²) in [4.78, 5) is 23.0. The molecule has 5 heteroatoms. The van der Waals surface area contributed by atoms with Gasteiger partial charge in [-0.05, 0) is 62.8 Å². The van der Waals surface area contributed by atoms with Crippen LogP contribution in [0.1, 0.15) is 43.2 Å². The van der Waals surface area contributed by atoms with Gasteiger partial charge in [-0.2, -0.15) is 0 Å². The molecular weight excluding hydrogens is 282 g/mol. The first kappa shape index (κ1) is 16.3. The fraction of sp³-hybridized carbons (Fsp3) is 0.529. The molecule has 1 aromatic carbocycles. The van der Waals surface area contributed by atoms with E-state index in [0.29, 0.717) is 25.9 Å². The van der Waals surface area contributed by atoms with Crippen LogP contribution in [-0.2, 0) is 9.59 Å². The third-order valence-corrected chi connectivity index (χ3v) is 4.29. The largest absolute Gasteiger partial charge is 0.494 e. The second-order valence-corrected chi connectivity index (χ2v) is 5.99. The number of rotatable bonds is 7. The van der Waals surface area contributed by atoms with Crippen LogP contribution >= 0.6 is 0 Å². The van der Waals surface area contributed by atoms with Gasteiger partial charge in [-0.15, -0.1) is 0 Å². The maximum atomic E-state index is 11.8. The topological polar surface area (TPSA) is 75.6 Å². The molecule has 0 saturated heterocycles. The summed E-state index contributed by atoms with van der Waals surface area (Å²) in [7, 11) is 0. The average Bonchev–Trinajstić information content (AvgIpc) is 2.42. The van der Waals surface area contributed by atoms with Gasteiger partial charge in [-0.25, -0.2) is 4.79 Å². The number of carboxylic acid groups (broad SMARTS) is 1. The van der Waals surface area contributed by atoms with Crippen LogP contribution in [0, 0.1) is 13.8 Å². The molecule has 1 aromatic rings. The van der Waals surface area contributed by atoms with E-state index in [2.05, 4.69) is 5.32 Å². The zero-order valence-electron chi connectivity index (χ0n) is 13.1. The molecule has 0 aliphatic heterocycles. The van der Waals surface area contributed by atoms with Crippen molar-refractivity contribution in [1.82, 2.24) is 5.32 Å². The Labute approximate surface area is 130 Å². The summed E-state index contributed by atoms with van der Waals surface area (Å²) in [5.74, 6) is -0.353. The summed E-state index contributed by atoms with van der Waals surface area (Å²) >= 11 is 0. The highest BCUT2D eigenvalue weighted by Gasteiger charge is 2.45. The zero-order valence-corrected chi connectivity index (χ0v) is 13.1. The number of amides is 1. The molecule has 0 unspecified atom stereocenters. The predicted octanol–water partition coefficient (Wildman–Crippen LogP) is 2.59. The summed E-state index contributed by atoms with van der Waals surface area (Å²) in [6, 6.07) is 5.89. The van der Waals surface area contributed by atoms with Crippen LogP contribution in [0.15, 0.2) is 18.2 Å². The molecule has 2 rings (SSSR count). The van der Waals surface area contributed by atoms with Gasteiger partial charge in [0.15, 0.2) is 0 Å². The highest BCUT2D eigenvalue weighted by Crippen LogP contribution is 2.32. The van der Waals surface area contributed by atoms with E-state index in [1.165, 1.54) is 11.1 Å². The smallest absolute Gasteiger partial charge is 0.329 e. The monoisotopic (exact) mass is 305 g/mol. The first-order valence-electron chi connectivity index (χ1n) is 7.67. The maximum absolute atomic E-state index is 11.8. The van der Waals surface area contributed by atoms with E-state index in [9.17, 15) is 9.59 Å². The molecule has 0 radical (unpaired) electrons. The summed E-state index contributed by atoms with van der Waals surface area (Å²) in [5.41, 5.74) is 1.36. The summed E-state index contributed by atoms with van der Waals surface area (Å²) < 4.78 is 5.61. The van der Waals surface area contributed by atoms with Crippen molar-refractivity contribution in [1.29, 1.82) is 0 Å². The molecular formula is C17H23NO4. The van der Waals surface area contributed by atoms with Gasteiger partial charge in [-0.3, -0.25) is 4.79 Å². The van der Waals surface area contributed by atoms with Crippen molar-refractivity contribution in [2.24, 2.45) is 0 Å². The zero-order chi connectivity index (χ0) is 16.2. The van der Waals surface area contributed by atoms with Crippen molar-refractivity contribution in [3.05, 3.63) is 29.3 Å². The first-order valence-corrected chi connectivity index (χ1v) is 7.67. The minimum absolute atomic E-state index is 0.217. The van der Waals surface area contributed by atoms with E-state index in [1.807, 2.05) is 32.0 Å². The Bertz CT molecular complexity index is 564. The number of aliphatic carboxylic acids is 1. The summed E-state index contributed by atoms with van der Waals surface area (Å²) in [6.45, 7) is 4.51. The third kappa shape index (κ3) is 3.78. The van der Waals surface area contributed by atoms with Gasteiger partial charge in [0.05, 0.1) is 6.61 Å². The molecule has 1 amide bonds. The molecule has 0 bridgehead atoms. The molecule has 1 aliphatic carbocycles. The lowest BCUT2D eigenvalue weighted by Crippen LogP contribution is -2.59. The highest BCUT2D eigenvalue weighted by molar-refractivity contribution is 5.87. The number of aryl methyl sites for hydroxylation is 2. The van der Waals surface area contributed by atoms with Gasteiger partial charge in [-0.1, -0.05) is 6.07 Å². The van der Waals surface area contributed by atoms with Crippen LogP contribution in [0.5, 0.6) is 5.75 Å². The lowest BCUT2D eigenvalue weighted by Gasteiger charge is -2.38. The molecule has 1 aliphatic rings. The van der Waals surface area contributed by atoms with Crippen LogP contribution in [0.3, 0.4) is 0 Å². The van der Waals surface area contributed by atoms with Gasteiger partial charge < -0.3 is 15.2 Å². The molecule has 0 heterocycles. The Balaban J connectivity index is 1.71. The number of hydrogen-bond acceptors (Lipinski definition) is 3. The van der Waals surface area contributed by atoms with Crippen molar-refractivity contribution in [2.75, 3.05) is 6.61 Å². The van der Waals surface area contributed by atoms with Gasteiger partial charge >= 0.3 is 5.97 Å².